The van der Waals surface area contributed by atoms with Crippen LogP contribution in [0.15, 0.2) is 18.2 Å². The number of benzene rings is 1. The molecule has 0 aliphatic carbocycles. The van der Waals surface area contributed by atoms with E-state index in [1.165, 1.54) is 0 Å². The summed E-state index contributed by atoms with van der Waals surface area (Å²) in [4.78, 5) is 4.73. The molecule has 0 bridgehead atoms. The van der Waals surface area contributed by atoms with Crippen LogP contribution < -0.4 is 10.5 Å². The Bertz CT molecular complexity index is 574. The quantitative estimate of drug-likeness (QED) is 0.878. The molecule has 0 aliphatic heterocycles. The first-order chi connectivity index (χ1) is 9.60. The Morgan fingerprint density at radius 1 is 1.30 bits per heavy atom. The number of hydrogen-bond acceptors (Lipinski definition) is 4. The van der Waals surface area contributed by atoms with Gasteiger partial charge in [0.2, 0.25) is 0 Å². The van der Waals surface area contributed by atoms with Gasteiger partial charge in [0, 0.05) is 32.2 Å². The number of hydrogen-bond donors (Lipinski definition) is 1. The molecule has 0 fully saturated rings. The van der Waals surface area contributed by atoms with E-state index in [9.17, 15) is 0 Å². The molecule has 110 valence electrons. The molecule has 2 rings (SSSR count). The van der Waals surface area contributed by atoms with Crippen LogP contribution in [0.4, 0.5) is 0 Å². The number of imidazole rings is 1. The lowest BCUT2D eigenvalue weighted by Crippen LogP contribution is -2.26. The van der Waals surface area contributed by atoms with Crippen molar-refractivity contribution in [2.45, 2.75) is 32.4 Å². The van der Waals surface area contributed by atoms with Crippen molar-refractivity contribution >= 4 is 11.0 Å². The first kappa shape index (κ1) is 14.8. The maximum absolute atomic E-state index is 5.72. The fraction of sp³-hybridized carbons (Fsp3) is 0.533. The summed E-state index contributed by atoms with van der Waals surface area (Å²) in [6, 6.07) is 6.30. The molecular weight excluding hydrogens is 254 g/mol. The summed E-state index contributed by atoms with van der Waals surface area (Å²) in [7, 11) is 3.35. The van der Waals surface area contributed by atoms with Gasteiger partial charge in [0.25, 0.3) is 0 Å². The van der Waals surface area contributed by atoms with Gasteiger partial charge >= 0.3 is 0 Å². The minimum Gasteiger partial charge on any atom is -0.497 e. The van der Waals surface area contributed by atoms with Gasteiger partial charge in [-0.2, -0.15) is 0 Å². The molecule has 1 aromatic heterocycles. The zero-order valence-corrected chi connectivity index (χ0v) is 12.6. The highest BCUT2D eigenvalue weighted by molar-refractivity contribution is 5.78. The van der Waals surface area contributed by atoms with Crippen molar-refractivity contribution < 1.29 is 9.47 Å². The molecule has 5 nitrogen and oxygen atoms in total. The molecular formula is C15H23N3O2. The third kappa shape index (κ3) is 2.78. The minimum atomic E-state index is -0.00814. The largest absolute Gasteiger partial charge is 0.497 e. The Kier molecular flexibility index (Phi) is 4.62. The Morgan fingerprint density at radius 3 is 2.60 bits per heavy atom. The predicted molar refractivity (Wildman–Crippen MR) is 80.2 cm³/mol. The summed E-state index contributed by atoms with van der Waals surface area (Å²) in [5.41, 5.74) is 7.77. The van der Waals surface area contributed by atoms with Crippen molar-refractivity contribution in [1.82, 2.24) is 9.55 Å². The highest BCUT2D eigenvalue weighted by Gasteiger charge is 2.17. The topological polar surface area (TPSA) is 62.3 Å². The zero-order chi connectivity index (χ0) is 14.7. The SMILES string of the molecule is COc1ccc2c(c1)nc(CC(CN)OC)n2C(C)C. The Hall–Kier alpha value is -1.59. The minimum absolute atomic E-state index is 0.00814. The number of nitrogens with two attached hydrogens (primary N) is 1. The highest BCUT2D eigenvalue weighted by Crippen LogP contribution is 2.25. The second-order valence-corrected chi connectivity index (χ2v) is 5.14. The van der Waals surface area contributed by atoms with Gasteiger partial charge in [-0.25, -0.2) is 4.98 Å². The second-order valence-electron chi connectivity index (χ2n) is 5.14. The number of rotatable bonds is 6. The van der Waals surface area contributed by atoms with Crippen LogP contribution in [0, 0.1) is 0 Å². The lowest BCUT2D eigenvalue weighted by molar-refractivity contribution is 0.107. The molecule has 0 aliphatic rings. The average Bonchev–Trinajstić information content (AvgIpc) is 2.81. The van der Waals surface area contributed by atoms with E-state index in [2.05, 4.69) is 24.5 Å². The number of methoxy groups -OCH3 is 2. The average molecular weight is 277 g/mol. The number of aromatic nitrogens is 2. The van der Waals surface area contributed by atoms with Gasteiger partial charge in [-0.1, -0.05) is 0 Å². The van der Waals surface area contributed by atoms with Crippen LogP contribution in [-0.4, -0.2) is 36.4 Å². The van der Waals surface area contributed by atoms with Crippen molar-refractivity contribution in [2.75, 3.05) is 20.8 Å². The van der Waals surface area contributed by atoms with E-state index in [0.29, 0.717) is 19.0 Å². The van der Waals surface area contributed by atoms with E-state index in [1.807, 2.05) is 12.1 Å². The van der Waals surface area contributed by atoms with E-state index >= 15 is 0 Å². The van der Waals surface area contributed by atoms with Gasteiger partial charge in [-0.05, 0) is 26.0 Å². The van der Waals surface area contributed by atoms with Crippen LogP contribution in [0.25, 0.3) is 11.0 Å². The lowest BCUT2D eigenvalue weighted by Gasteiger charge is -2.16. The molecule has 2 aromatic rings. The van der Waals surface area contributed by atoms with E-state index in [4.69, 9.17) is 20.2 Å². The summed E-state index contributed by atoms with van der Waals surface area (Å²) in [5, 5.41) is 0. The fourth-order valence-electron chi connectivity index (χ4n) is 2.44. The van der Waals surface area contributed by atoms with Gasteiger partial charge in [0.1, 0.15) is 11.6 Å². The Balaban J connectivity index is 2.49. The van der Waals surface area contributed by atoms with Crippen LogP contribution in [0.1, 0.15) is 25.7 Å². The molecule has 0 spiro atoms. The summed E-state index contributed by atoms with van der Waals surface area (Å²) in [6.45, 7) is 4.79. The molecule has 1 heterocycles. The van der Waals surface area contributed by atoms with E-state index < -0.39 is 0 Å². The Labute approximate surface area is 119 Å². The van der Waals surface area contributed by atoms with Crippen molar-refractivity contribution in [3.05, 3.63) is 24.0 Å². The second kappa shape index (κ2) is 6.24. The van der Waals surface area contributed by atoms with Crippen molar-refractivity contribution in [2.24, 2.45) is 5.73 Å². The van der Waals surface area contributed by atoms with Crippen LogP contribution in [0.2, 0.25) is 0 Å². The van der Waals surface area contributed by atoms with E-state index in [0.717, 1.165) is 22.6 Å². The first-order valence-electron chi connectivity index (χ1n) is 6.88. The van der Waals surface area contributed by atoms with Crippen LogP contribution in [0.5, 0.6) is 5.75 Å². The molecule has 1 unspecified atom stereocenters. The number of nitrogens with zero attached hydrogens (tertiary/aromatic N) is 2. The van der Waals surface area contributed by atoms with Crippen LogP contribution in [0.3, 0.4) is 0 Å². The normalized spacial score (nSPS) is 13.1. The van der Waals surface area contributed by atoms with E-state index in [-0.39, 0.29) is 6.10 Å². The molecule has 1 atom stereocenters. The van der Waals surface area contributed by atoms with Crippen molar-refractivity contribution in [3.8, 4) is 5.75 Å². The van der Waals surface area contributed by atoms with Crippen LogP contribution >= 0.6 is 0 Å². The van der Waals surface area contributed by atoms with Crippen molar-refractivity contribution in [1.29, 1.82) is 0 Å². The van der Waals surface area contributed by atoms with Gasteiger partial charge in [-0.15, -0.1) is 0 Å². The van der Waals surface area contributed by atoms with Gasteiger partial charge in [-0.3, -0.25) is 0 Å². The third-order valence-electron chi connectivity index (χ3n) is 3.49. The number of ether oxygens (including phenoxy) is 2. The number of fused-ring (bicyclic) bond motifs is 1. The maximum Gasteiger partial charge on any atom is 0.121 e. The third-order valence-corrected chi connectivity index (χ3v) is 3.49. The standard InChI is InChI=1S/C15H23N3O2/c1-10(2)18-14-6-5-11(19-3)7-13(14)17-15(18)8-12(9-16)20-4/h5-7,10,12H,8-9,16H2,1-4H3. The predicted octanol–water partition coefficient (Wildman–Crippen LogP) is 2.14. The smallest absolute Gasteiger partial charge is 0.121 e. The molecule has 0 saturated heterocycles. The summed E-state index contributed by atoms with van der Waals surface area (Å²) in [6.07, 6.45) is 0.702. The fourth-order valence-corrected chi connectivity index (χ4v) is 2.44. The molecule has 0 radical (unpaired) electrons. The summed E-state index contributed by atoms with van der Waals surface area (Å²) >= 11 is 0. The molecule has 2 N–H and O–H groups in total. The van der Waals surface area contributed by atoms with Gasteiger partial charge < -0.3 is 19.8 Å². The highest BCUT2D eigenvalue weighted by atomic mass is 16.5. The van der Waals surface area contributed by atoms with Gasteiger partial charge in [0.15, 0.2) is 0 Å². The molecule has 1 aromatic carbocycles. The van der Waals surface area contributed by atoms with Crippen molar-refractivity contribution in [3.63, 3.8) is 0 Å². The van der Waals surface area contributed by atoms with Crippen LogP contribution in [-0.2, 0) is 11.2 Å². The lowest BCUT2D eigenvalue weighted by atomic mass is 10.2. The monoisotopic (exact) mass is 277 g/mol. The van der Waals surface area contributed by atoms with E-state index in [1.54, 1.807) is 14.2 Å². The maximum atomic E-state index is 5.72. The zero-order valence-electron chi connectivity index (χ0n) is 12.6. The first-order valence-corrected chi connectivity index (χ1v) is 6.88. The summed E-state index contributed by atoms with van der Waals surface area (Å²) < 4.78 is 12.9. The van der Waals surface area contributed by atoms with Gasteiger partial charge in [0.05, 0.1) is 24.2 Å². The summed E-state index contributed by atoms with van der Waals surface area (Å²) in [5.74, 6) is 1.82. The molecule has 0 saturated carbocycles. The molecule has 20 heavy (non-hydrogen) atoms. The molecule has 5 heteroatoms. The molecule has 0 amide bonds. The Morgan fingerprint density at radius 2 is 2.05 bits per heavy atom.